The highest BCUT2D eigenvalue weighted by Gasteiger charge is 2.24. The molecule has 3 rings (SSSR count). The van der Waals surface area contributed by atoms with Crippen molar-refractivity contribution in [1.82, 2.24) is 9.97 Å². The molecule has 1 atom stereocenters. The van der Waals surface area contributed by atoms with Crippen LogP contribution < -0.4 is 10.3 Å². The van der Waals surface area contributed by atoms with Crippen molar-refractivity contribution in [3.63, 3.8) is 0 Å². The van der Waals surface area contributed by atoms with Gasteiger partial charge in [-0.1, -0.05) is 19.1 Å². The lowest BCUT2D eigenvalue weighted by Crippen LogP contribution is -2.23. The van der Waals surface area contributed by atoms with Crippen LogP contribution in [0.25, 0.3) is 0 Å². The summed E-state index contributed by atoms with van der Waals surface area (Å²) in [5.74, 6) is 1.58. The zero-order chi connectivity index (χ0) is 14.1. The van der Waals surface area contributed by atoms with Crippen LogP contribution in [0.4, 0.5) is 0 Å². The molecule has 0 saturated heterocycles. The Morgan fingerprint density at radius 3 is 3.05 bits per heavy atom. The van der Waals surface area contributed by atoms with Gasteiger partial charge >= 0.3 is 0 Å². The predicted molar refractivity (Wildman–Crippen MR) is 76.4 cm³/mol. The van der Waals surface area contributed by atoms with Crippen LogP contribution in [-0.2, 0) is 6.42 Å². The number of nitrogens with one attached hydrogen (secondary N) is 1. The minimum absolute atomic E-state index is 0.210. The number of ether oxygens (including phenoxy) is 1. The van der Waals surface area contributed by atoms with Crippen LogP contribution in [0.3, 0.4) is 0 Å². The predicted octanol–water partition coefficient (Wildman–Crippen LogP) is 2.26. The van der Waals surface area contributed by atoms with E-state index in [1.807, 2.05) is 24.3 Å². The van der Waals surface area contributed by atoms with Crippen LogP contribution in [0.5, 0.6) is 11.6 Å². The number of hydrogen-bond acceptors (Lipinski definition) is 5. The second kappa shape index (κ2) is 5.20. The Morgan fingerprint density at radius 1 is 1.50 bits per heavy atom. The molecule has 2 N–H and O–H groups in total. The molecule has 104 valence electrons. The standard InChI is InChI=1S/C14H14N2O3S/c1-2-8-13(17)15-12(16-14(8)18)10-7-20-11-6-4-3-5-9(11)19-10/h3-6,10H,2,7H2,1H3,(H2,15,16,17,18). The monoisotopic (exact) mass is 290 g/mol. The van der Waals surface area contributed by atoms with Crippen LogP contribution in [-0.4, -0.2) is 20.8 Å². The van der Waals surface area contributed by atoms with Gasteiger partial charge in [-0.2, -0.15) is 4.98 Å². The van der Waals surface area contributed by atoms with E-state index in [0.29, 0.717) is 23.6 Å². The van der Waals surface area contributed by atoms with Crippen LogP contribution >= 0.6 is 11.8 Å². The Labute approximate surface area is 120 Å². The van der Waals surface area contributed by atoms with Gasteiger partial charge in [0.15, 0.2) is 11.9 Å². The first kappa shape index (κ1) is 13.1. The Morgan fingerprint density at radius 2 is 2.30 bits per heavy atom. The number of H-pyrrole nitrogens is 1. The van der Waals surface area contributed by atoms with E-state index in [0.717, 1.165) is 10.6 Å². The van der Waals surface area contributed by atoms with Crippen molar-refractivity contribution >= 4 is 11.8 Å². The Hall–Kier alpha value is -1.95. The smallest absolute Gasteiger partial charge is 0.258 e. The van der Waals surface area contributed by atoms with Crippen molar-refractivity contribution in [1.29, 1.82) is 0 Å². The lowest BCUT2D eigenvalue weighted by molar-refractivity contribution is 0.208. The summed E-state index contributed by atoms with van der Waals surface area (Å²) in [5, 5.41) is 9.80. The molecule has 6 heteroatoms. The Balaban J connectivity index is 1.94. The van der Waals surface area contributed by atoms with E-state index in [2.05, 4.69) is 9.97 Å². The highest BCUT2D eigenvalue weighted by atomic mass is 32.2. The van der Waals surface area contributed by atoms with Crippen molar-refractivity contribution in [2.24, 2.45) is 0 Å². The molecular formula is C14H14N2O3S. The molecule has 0 amide bonds. The van der Waals surface area contributed by atoms with Crippen molar-refractivity contribution < 1.29 is 9.84 Å². The average molecular weight is 290 g/mol. The third kappa shape index (κ3) is 2.27. The fourth-order valence-electron chi connectivity index (χ4n) is 2.13. The molecule has 1 unspecified atom stereocenters. The minimum Gasteiger partial charge on any atom is -0.493 e. The fourth-order valence-corrected chi connectivity index (χ4v) is 3.12. The van der Waals surface area contributed by atoms with E-state index < -0.39 is 0 Å². The van der Waals surface area contributed by atoms with Gasteiger partial charge in [-0.05, 0) is 18.6 Å². The van der Waals surface area contributed by atoms with Gasteiger partial charge < -0.3 is 14.8 Å². The largest absolute Gasteiger partial charge is 0.493 e. The van der Waals surface area contributed by atoms with E-state index in [4.69, 9.17) is 4.74 Å². The Kier molecular flexibility index (Phi) is 3.40. The Bertz CT molecular complexity index is 699. The quantitative estimate of drug-likeness (QED) is 0.887. The molecule has 0 spiro atoms. The van der Waals surface area contributed by atoms with Gasteiger partial charge in [0, 0.05) is 10.6 Å². The van der Waals surface area contributed by atoms with Crippen LogP contribution in [0.1, 0.15) is 24.4 Å². The molecule has 0 fully saturated rings. The molecule has 2 aromatic rings. The molecule has 0 bridgehead atoms. The zero-order valence-electron chi connectivity index (χ0n) is 10.9. The molecule has 0 saturated carbocycles. The van der Waals surface area contributed by atoms with E-state index in [-0.39, 0.29) is 17.5 Å². The lowest BCUT2D eigenvalue weighted by Gasteiger charge is -2.24. The molecule has 0 radical (unpaired) electrons. The molecule has 1 aromatic heterocycles. The number of aromatic nitrogens is 2. The van der Waals surface area contributed by atoms with E-state index in [1.54, 1.807) is 18.7 Å². The summed E-state index contributed by atoms with van der Waals surface area (Å²) in [6.07, 6.45) is 0.0804. The first-order valence-corrected chi connectivity index (χ1v) is 7.38. The summed E-state index contributed by atoms with van der Waals surface area (Å²) in [7, 11) is 0. The van der Waals surface area contributed by atoms with E-state index in [9.17, 15) is 9.90 Å². The van der Waals surface area contributed by atoms with E-state index >= 15 is 0 Å². The molecular weight excluding hydrogens is 276 g/mol. The number of nitrogens with zero attached hydrogens (tertiary/aromatic N) is 1. The van der Waals surface area contributed by atoms with Crippen LogP contribution in [0, 0.1) is 0 Å². The minimum atomic E-state index is -0.362. The maximum atomic E-state index is 11.9. The molecule has 1 aliphatic heterocycles. The molecule has 1 aliphatic rings. The zero-order valence-corrected chi connectivity index (χ0v) is 11.7. The summed E-state index contributed by atoms with van der Waals surface area (Å²) >= 11 is 1.64. The van der Waals surface area contributed by atoms with Gasteiger partial charge in [0.05, 0.1) is 5.56 Å². The number of para-hydroxylation sites is 1. The first-order valence-electron chi connectivity index (χ1n) is 6.39. The number of hydrogen-bond donors (Lipinski definition) is 2. The molecule has 2 heterocycles. The third-order valence-corrected chi connectivity index (χ3v) is 4.30. The number of thioether (sulfide) groups is 1. The summed E-state index contributed by atoms with van der Waals surface area (Å²) in [5.41, 5.74) is 0.0000660. The van der Waals surface area contributed by atoms with Crippen molar-refractivity contribution in [3.05, 3.63) is 46.0 Å². The second-order valence-corrected chi connectivity index (χ2v) is 5.53. The first-order chi connectivity index (χ1) is 9.69. The summed E-state index contributed by atoms with van der Waals surface area (Å²) in [4.78, 5) is 19.7. The van der Waals surface area contributed by atoms with Gasteiger partial charge in [-0.25, -0.2) is 0 Å². The third-order valence-electron chi connectivity index (χ3n) is 3.18. The summed E-state index contributed by atoms with van der Waals surface area (Å²) < 4.78 is 5.84. The van der Waals surface area contributed by atoms with Crippen molar-refractivity contribution in [2.75, 3.05) is 5.75 Å². The highest BCUT2D eigenvalue weighted by Crippen LogP contribution is 2.39. The van der Waals surface area contributed by atoms with Gasteiger partial charge in [0.1, 0.15) is 5.75 Å². The number of fused-ring (bicyclic) bond motifs is 1. The normalized spacial score (nSPS) is 17.4. The lowest BCUT2D eigenvalue weighted by atomic mass is 10.2. The molecule has 20 heavy (non-hydrogen) atoms. The van der Waals surface area contributed by atoms with E-state index in [1.165, 1.54) is 0 Å². The summed E-state index contributed by atoms with van der Waals surface area (Å²) in [6, 6.07) is 7.73. The number of benzene rings is 1. The number of aromatic amines is 1. The van der Waals surface area contributed by atoms with Gasteiger partial charge in [-0.15, -0.1) is 11.8 Å². The average Bonchev–Trinajstić information content (AvgIpc) is 2.46. The maximum absolute atomic E-state index is 11.9. The van der Waals surface area contributed by atoms with Crippen LogP contribution in [0.2, 0.25) is 0 Å². The highest BCUT2D eigenvalue weighted by molar-refractivity contribution is 7.99. The number of rotatable bonds is 2. The van der Waals surface area contributed by atoms with Gasteiger partial charge in [0.2, 0.25) is 5.88 Å². The second-order valence-electron chi connectivity index (χ2n) is 4.47. The topological polar surface area (TPSA) is 75.2 Å². The maximum Gasteiger partial charge on any atom is 0.258 e. The van der Waals surface area contributed by atoms with Crippen molar-refractivity contribution in [3.8, 4) is 11.6 Å². The molecule has 5 nitrogen and oxygen atoms in total. The SMILES string of the molecule is CCc1c(O)nc(C2CSc3ccccc3O2)[nH]c1=O. The molecule has 1 aromatic carbocycles. The van der Waals surface area contributed by atoms with Crippen molar-refractivity contribution in [2.45, 2.75) is 24.3 Å². The fraction of sp³-hybridized carbons (Fsp3) is 0.286. The van der Waals surface area contributed by atoms with Gasteiger partial charge in [-0.3, -0.25) is 4.79 Å². The molecule has 0 aliphatic carbocycles. The van der Waals surface area contributed by atoms with Gasteiger partial charge in [0.25, 0.3) is 5.56 Å². The van der Waals surface area contributed by atoms with Crippen LogP contribution in [0.15, 0.2) is 34.0 Å². The number of aromatic hydroxyl groups is 1. The summed E-state index contributed by atoms with van der Waals surface area (Å²) in [6.45, 7) is 1.80.